The zero-order chi connectivity index (χ0) is 6.97. The smallest absolute Gasteiger partial charge is 0.117 e. The van der Waals surface area contributed by atoms with Crippen LogP contribution in [0, 0.1) is 0 Å². The molecular weight excluding hydrogens is 144 g/mol. The summed E-state index contributed by atoms with van der Waals surface area (Å²) in [7, 11) is 0. The van der Waals surface area contributed by atoms with Gasteiger partial charge in [-0.3, -0.25) is 0 Å². The van der Waals surface area contributed by atoms with Gasteiger partial charge in [0.05, 0.1) is 11.2 Å². The van der Waals surface area contributed by atoms with Crippen molar-refractivity contribution in [2.75, 3.05) is 5.75 Å². The number of thioether (sulfide) groups is 1. The second-order valence-electron chi connectivity index (χ2n) is 2.47. The quantitative estimate of drug-likeness (QED) is 0.616. The molecule has 0 amide bonds. The minimum Gasteiger partial charge on any atom is -0.468 e. The molecule has 0 spiro atoms. The van der Waals surface area contributed by atoms with E-state index in [1.807, 2.05) is 18.0 Å². The van der Waals surface area contributed by atoms with Crippen LogP contribution < -0.4 is 0 Å². The molecule has 0 fully saturated rings. The first-order valence-corrected chi connectivity index (χ1v) is 4.62. The molecule has 0 aromatic carbocycles. The van der Waals surface area contributed by atoms with Gasteiger partial charge in [0.1, 0.15) is 5.76 Å². The number of fused-ring (bicyclic) bond motifs is 1. The lowest BCUT2D eigenvalue weighted by Gasteiger charge is -1.91. The van der Waals surface area contributed by atoms with Gasteiger partial charge in [0.25, 0.3) is 0 Å². The minimum absolute atomic E-state index is 1.03. The third kappa shape index (κ3) is 0.788. The fraction of sp³-hybridized carbons (Fsp3) is 0.500. The maximum Gasteiger partial charge on any atom is 0.117 e. The van der Waals surface area contributed by atoms with Gasteiger partial charge in [0.15, 0.2) is 0 Å². The number of hydrogen-bond donors (Lipinski definition) is 0. The predicted molar refractivity (Wildman–Crippen MR) is 42.5 cm³/mol. The topological polar surface area (TPSA) is 13.1 Å². The van der Waals surface area contributed by atoms with Gasteiger partial charge in [0.2, 0.25) is 0 Å². The number of rotatable bonds is 1. The molecule has 1 aromatic heterocycles. The van der Waals surface area contributed by atoms with E-state index >= 15 is 0 Å². The summed E-state index contributed by atoms with van der Waals surface area (Å²) in [6.45, 7) is 2.14. The highest BCUT2D eigenvalue weighted by molar-refractivity contribution is 7.99. The monoisotopic (exact) mass is 154 g/mol. The van der Waals surface area contributed by atoms with Crippen LogP contribution in [0.15, 0.2) is 15.6 Å². The van der Waals surface area contributed by atoms with Crippen LogP contribution in [0.3, 0.4) is 0 Å². The highest BCUT2D eigenvalue weighted by atomic mass is 32.2. The van der Waals surface area contributed by atoms with Gasteiger partial charge in [0, 0.05) is 17.7 Å². The molecule has 0 N–H and O–H groups in total. The van der Waals surface area contributed by atoms with Gasteiger partial charge < -0.3 is 4.42 Å². The number of furan rings is 1. The Bertz CT molecular complexity index is 239. The van der Waals surface area contributed by atoms with E-state index in [0.29, 0.717) is 0 Å². The first-order chi connectivity index (χ1) is 4.92. The Morgan fingerprint density at radius 2 is 2.60 bits per heavy atom. The zero-order valence-corrected chi connectivity index (χ0v) is 6.83. The van der Waals surface area contributed by atoms with Crippen molar-refractivity contribution in [2.24, 2.45) is 0 Å². The van der Waals surface area contributed by atoms with Crippen LogP contribution >= 0.6 is 11.8 Å². The van der Waals surface area contributed by atoms with Crippen molar-refractivity contribution in [3.8, 4) is 0 Å². The largest absolute Gasteiger partial charge is 0.468 e. The molecule has 0 saturated carbocycles. The van der Waals surface area contributed by atoms with Crippen LogP contribution in [0.2, 0.25) is 0 Å². The van der Waals surface area contributed by atoms with Crippen LogP contribution in [0.5, 0.6) is 0 Å². The van der Waals surface area contributed by atoms with Crippen molar-refractivity contribution >= 4 is 11.8 Å². The molecule has 1 aliphatic rings. The SMILES string of the molecule is CCc1occ2c1SCC2. The Kier molecular flexibility index (Phi) is 1.49. The van der Waals surface area contributed by atoms with E-state index in [4.69, 9.17) is 4.42 Å². The molecule has 0 radical (unpaired) electrons. The molecule has 0 bridgehead atoms. The van der Waals surface area contributed by atoms with E-state index in [1.54, 1.807) is 0 Å². The fourth-order valence-electron chi connectivity index (χ4n) is 1.28. The van der Waals surface area contributed by atoms with Crippen LogP contribution in [-0.2, 0) is 12.8 Å². The van der Waals surface area contributed by atoms with Gasteiger partial charge in [-0.2, -0.15) is 0 Å². The number of hydrogen-bond acceptors (Lipinski definition) is 2. The summed E-state index contributed by atoms with van der Waals surface area (Å²) in [5.74, 6) is 2.42. The third-order valence-electron chi connectivity index (χ3n) is 1.83. The van der Waals surface area contributed by atoms with Crippen LogP contribution in [0.4, 0.5) is 0 Å². The number of aryl methyl sites for hydroxylation is 2. The predicted octanol–water partition coefficient (Wildman–Crippen LogP) is 2.49. The first kappa shape index (κ1) is 6.35. The summed E-state index contributed by atoms with van der Waals surface area (Å²) in [4.78, 5) is 1.42. The Morgan fingerprint density at radius 1 is 1.70 bits per heavy atom. The normalized spacial score (nSPS) is 15.7. The van der Waals surface area contributed by atoms with E-state index < -0.39 is 0 Å². The molecule has 2 heterocycles. The Balaban J connectivity index is 2.44. The lowest BCUT2D eigenvalue weighted by atomic mass is 10.2. The molecular formula is C8H10OS. The van der Waals surface area contributed by atoms with Crippen LogP contribution in [0.1, 0.15) is 18.2 Å². The van der Waals surface area contributed by atoms with Crippen molar-refractivity contribution in [1.82, 2.24) is 0 Å². The standard InChI is InChI=1S/C8H10OS/c1-2-7-8-6(5-9-7)3-4-10-8/h5H,2-4H2,1H3. The van der Waals surface area contributed by atoms with Crippen molar-refractivity contribution in [2.45, 2.75) is 24.7 Å². The summed E-state index contributed by atoms with van der Waals surface area (Å²) in [5, 5.41) is 0. The first-order valence-electron chi connectivity index (χ1n) is 3.64. The molecule has 1 nitrogen and oxygen atoms in total. The Morgan fingerprint density at radius 3 is 3.40 bits per heavy atom. The lowest BCUT2D eigenvalue weighted by Crippen LogP contribution is -1.74. The van der Waals surface area contributed by atoms with Crippen molar-refractivity contribution in [1.29, 1.82) is 0 Å². The lowest BCUT2D eigenvalue weighted by molar-refractivity contribution is 0.506. The maximum atomic E-state index is 5.37. The second-order valence-corrected chi connectivity index (χ2v) is 3.57. The Labute approximate surface area is 64.8 Å². The van der Waals surface area contributed by atoms with E-state index in [0.717, 1.165) is 6.42 Å². The molecule has 1 aromatic rings. The van der Waals surface area contributed by atoms with E-state index in [-0.39, 0.29) is 0 Å². The van der Waals surface area contributed by atoms with E-state index in [9.17, 15) is 0 Å². The van der Waals surface area contributed by atoms with Gasteiger partial charge in [-0.05, 0) is 6.42 Å². The fourth-order valence-corrected chi connectivity index (χ4v) is 2.50. The van der Waals surface area contributed by atoms with Crippen LogP contribution in [0.25, 0.3) is 0 Å². The van der Waals surface area contributed by atoms with Gasteiger partial charge in [-0.1, -0.05) is 6.92 Å². The third-order valence-corrected chi connectivity index (χ3v) is 3.01. The molecule has 0 saturated heterocycles. The van der Waals surface area contributed by atoms with Crippen molar-refractivity contribution in [3.05, 3.63) is 17.6 Å². The van der Waals surface area contributed by atoms with Gasteiger partial charge in [-0.15, -0.1) is 11.8 Å². The zero-order valence-electron chi connectivity index (χ0n) is 6.02. The highest BCUT2D eigenvalue weighted by Crippen LogP contribution is 2.35. The highest BCUT2D eigenvalue weighted by Gasteiger charge is 2.17. The van der Waals surface area contributed by atoms with Gasteiger partial charge >= 0.3 is 0 Å². The average molecular weight is 154 g/mol. The van der Waals surface area contributed by atoms with Crippen molar-refractivity contribution in [3.63, 3.8) is 0 Å². The average Bonchev–Trinajstić information content (AvgIpc) is 2.44. The molecule has 54 valence electrons. The summed E-state index contributed by atoms with van der Waals surface area (Å²) >= 11 is 1.93. The summed E-state index contributed by atoms with van der Waals surface area (Å²) in [6.07, 6.45) is 4.14. The molecule has 0 aliphatic carbocycles. The molecule has 2 rings (SSSR count). The van der Waals surface area contributed by atoms with E-state index in [1.165, 1.54) is 28.4 Å². The van der Waals surface area contributed by atoms with E-state index in [2.05, 4.69) is 6.92 Å². The molecule has 0 unspecified atom stereocenters. The minimum atomic E-state index is 1.03. The van der Waals surface area contributed by atoms with Crippen LogP contribution in [-0.4, -0.2) is 5.75 Å². The molecule has 1 aliphatic heterocycles. The van der Waals surface area contributed by atoms with Crippen molar-refractivity contribution < 1.29 is 4.42 Å². The molecule has 0 atom stereocenters. The summed E-state index contributed by atoms with van der Waals surface area (Å²) in [5.41, 5.74) is 1.42. The molecule has 10 heavy (non-hydrogen) atoms. The maximum absolute atomic E-state index is 5.37. The second kappa shape index (κ2) is 2.35. The molecule has 2 heteroatoms. The summed E-state index contributed by atoms with van der Waals surface area (Å²) in [6, 6.07) is 0. The summed E-state index contributed by atoms with van der Waals surface area (Å²) < 4.78 is 5.37. The van der Waals surface area contributed by atoms with Gasteiger partial charge in [-0.25, -0.2) is 0 Å². The Hall–Kier alpha value is -0.370.